The van der Waals surface area contributed by atoms with E-state index in [1.54, 1.807) is 0 Å². The minimum absolute atomic E-state index is 0.632. The van der Waals surface area contributed by atoms with Crippen LogP contribution < -0.4 is 0 Å². The number of halogens is 1. The number of hydrogen-bond donors (Lipinski definition) is 1. The first-order valence-corrected chi connectivity index (χ1v) is 5.99. The Balaban J connectivity index is 2.39. The third kappa shape index (κ3) is 2.04. The molecule has 1 aromatic carbocycles. The maximum atomic E-state index is 10.6. The Kier molecular flexibility index (Phi) is 3.03. The van der Waals surface area contributed by atoms with Gasteiger partial charge in [0.05, 0.1) is 5.60 Å². The average Bonchev–Trinajstić information content (AvgIpc) is 2.23. The fraction of sp³-hybridized carbons (Fsp3) is 0.538. The van der Waals surface area contributed by atoms with Gasteiger partial charge in [0, 0.05) is 5.02 Å². The SMILES string of the molecule is Cc1c(Cl)cccc1C1(O)CCCCC1. The Morgan fingerprint density at radius 1 is 1.20 bits per heavy atom. The van der Waals surface area contributed by atoms with E-state index < -0.39 is 5.60 Å². The van der Waals surface area contributed by atoms with Crippen LogP contribution >= 0.6 is 11.6 Å². The fourth-order valence-electron chi connectivity index (χ4n) is 2.52. The van der Waals surface area contributed by atoms with Crippen LogP contribution in [0.15, 0.2) is 18.2 Å². The number of benzene rings is 1. The molecule has 82 valence electrons. The second kappa shape index (κ2) is 4.15. The highest BCUT2D eigenvalue weighted by molar-refractivity contribution is 6.31. The molecule has 0 aromatic heterocycles. The van der Waals surface area contributed by atoms with E-state index in [2.05, 4.69) is 0 Å². The molecule has 0 spiro atoms. The molecular weight excluding hydrogens is 208 g/mol. The molecule has 0 amide bonds. The molecule has 1 fully saturated rings. The highest BCUT2D eigenvalue weighted by atomic mass is 35.5. The van der Waals surface area contributed by atoms with Crippen molar-refractivity contribution in [2.75, 3.05) is 0 Å². The average molecular weight is 225 g/mol. The van der Waals surface area contributed by atoms with Crippen LogP contribution in [-0.4, -0.2) is 5.11 Å². The normalized spacial score (nSPS) is 20.2. The van der Waals surface area contributed by atoms with E-state index in [1.165, 1.54) is 6.42 Å². The summed E-state index contributed by atoms with van der Waals surface area (Å²) in [5, 5.41) is 11.3. The highest BCUT2D eigenvalue weighted by Crippen LogP contribution is 2.39. The van der Waals surface area contributed by atoms with Gasteiger partial charge in [0.2, 0.25) is 0 Å². The van der Waals surface area contributed by atoms with Gasteiger partial charge in [-0.15, -0.1) is 0 Å². The van der Waals surface area contributed by atoms with Gasteiger partial charge in [-0.2, -0.15) is 0 Å². The molecule has 0 aliphatic heterocycles. The fourth-order valence-corrected chi connectivity index (χ4v) is 2.69. The minimum Gasteiger partial charge on any atom is -0.385 e. The largest absolute Gasteiger partial charge is 0.385 e. The molecule has 0 radical (unpaired) electrons. The number of rotatable bonds is 1. The summed E-state index contributed by atoms with van der Waals surface area (Å²) >= 11 is 6.08. The zero-order chi connectivity index (χ0) is 10.9. The molecule has 0 unspecified atom stereocenters. The zero-order valence-corrected chi connectivity index (χ0v) is 9.85. The van der Waals surface area contributed by atoms with Gasteiger partial charge < -0.3 is 5.11 Å². The molecule has 2 rings (SSSR count). The van der Waals surface area contributed by atoms with E-state index >= 15 is 0 Å². The van der Waals surface area contributed by atoms with E-state index in [0.29, 0.717) is 0 Å². The Hall–Kier alpha value is -0.530. The predicted octanol–water partition coefficient (Wildman–Crippen LogP) is 3.80. The second-order valence-corrected chi connectivity index (χ2v) is 4.91. The van der Waals surface area contributed by atoms with E-state index in [1.807, 2.05) is 25.1 Å². The van der Waals surface area contributed by atoms with Crippen molar-refractivity contribution in [1.29, 1.82) is 0 Å². The van der Waals surface area contributed by atoms with Gasteiger partial charge in [0.25, 0.3) is 0 Å². The summed E-state index contributed by atoms with van der Waals surface area (Å²) in [5.41, 5.74) is 1.42. The summed E-state index contributed by atoms with van der Waals surface area (Å²) < 4.78 is 0. The van der Waals surface area contributed by atoms with Crippen LogP contribution in [0.4, 0.5) is 0 Å². The molecule has 1 nitrogen and oxygen atoms in total. The lowest BCUT2D eigenvalue weighted by molar-refractivity contribution is -0.00116. The van der Waals surface area contributed by atoms with Crippen LogP contribution in [-0.2, 0) is 5.60 Å². The highest BCUT2D eigenvalue weighted by Gasteiger charge is 2.32. The van der Waals surface area contributed by atoms with E-state index in [-0.39, 0.29) is 0 Å². The molecule has 1 N–H and O–H groups in total. The molecule has 1 saturated carbocycles. The summed E-state index contributed by atoms with van der Waals surface area (Å²) in [6, 6.07) is 5.82. The molecule has 0 bridgehead atoms. The maximum absolute atomic E-state index is 10.6. The molecule has 1 aliphatic rings. The summed E-state index contributed by atoms with van der Waals surface area (Å²) in [6.07, 6.45) is 5.20. The van der Waals surface area contributed by atoms with Crippen molar-refractivity contribution in [1.82, 2.24) is 0 Å². The smallest absolute Gasteiger partial charge is 0.0899 e. The van der Waals surface area contributed by atoms with E-state index in [9.17, 15) is 5.11 Å². The van der Waals surface area contributed by atoms with Crippen LogP contribution in [0.25, 0.3) is 0 Å². The van der Waals surface area contributed by atoms with Gasteiger partial charge >= 0.3 is 0 Å². The molecular formula is C13H17ClO. The minimum atomic E-state index is -0.632. The monoisotopic (exact) mass is 224 g/mol. The first-order valence-electron chi connectivity index (χ1n) is 5.61. The quantitative estimate of drug-likeness (QED) is 0.770. The summed E-state index contributed by atoms with van der Waals surface area (Å²) in [4.78, 5) is 0. The Morgan fingerprint density at radius 3 is 2.53 bits per heavy atom. The van der Waals surface area contributed by atoms with Gasteiger partial charge in [-0.1, -0.05) is 43.0 Å². The first-order chi connectivity index (χ1) is 7.13. The number of aliphatic hydroxyl groups is 1. The molecule has 1 aromatic rings. The van der Waals surface area contributed by atoms with Crippen molar-refractivity contribution in [2.24, 2.45) is 0 Å². The predicted molar refractivity (Wildman–Crippen MR) is 63.2 cm³/mol. The van der Waals surface area contributed by atoms with Crippen LogP contribution in [0.3, 0.4) is 0 Å². The lowest BCUT2D eigenvalue weighted by atomic mass is 9.78. The standard InChI is InChI=1S/C13H17ClO/c1-10-11(6-5-7-12(10)14)13(15)8-3-2-4-9-13/h5-7,15H,2-4,8-9H2,1H3. The number of hydrogen-bond acceptors (Lipinski definition) is 1. The van der Waals surface area contributed by atoms with Crippen LogP contribution in [0.5, 0.6) is 0 Å². The Morgan fingerprint density at radius 2 is 1.87 bits per heavy atom. The second-order valence-electron chi connectivity index (χ2n) is 4.50. The van der Waals surface area contributed by atoms with Crippen molar-refractivity contribution in [3.8, 4) is 0 Å². The van der Waals surface area contributed by atoms with Crippen molar-refractivity contribution >= 4 is 11.6 Å². The Bertz CT molecular complexity index is 354. The van der Waals surface area contributed by atoms with E-state index in [4.69, 9.17) is 11.6 Å². The van der Waals surface area contributed by atoms with Gasteiger partial charge in [0.15, 0.2) is 0 Å². The van der Waals surface area contributed by atoms with Gasteiger partial charge in [-0.25, -0.2) is 0 Å². The van der Waals surface area contributed by atoms with Crippen LogP contribution in [0.1, 0.15) is 43.2 Å². The maximum Gasteiger partial charge on any atom is 0.0899 e. The Labute approximate surface area is 96.1 Å². The van der Waals surface area contributed by atoms with E-state index in [0.717, 1.165) is 41.8 Å². The lowest BCUT2D eigenvalue weighted by Crippen LogP contribution is -2.29. The molecule has 2 heteroatoms. The van der Waals surface area contributed by atoms with Crippen LogP contribution in [0.2, 0.25) is 5.02 Å². The van der Waals surface area contributed by atoms with Gasteiger partial charge in [0.1, 0.15) is 0 Å². The molecule has 15 heavy (non-hydrogen) atoms. The lowest BCUT2D eigenvalue weighted by Gasteiger charge is -2.33. The molecule has 0 heterocycles. The molecule has 1 aliphatic carbocycles. The van der Waals surface area contributed by atoms with Gasteiger partial charge in [-0.3, -0.25) is 0 Å². The summed E-state index contributed by atoms with van der Waals surface area (Å²) in [7, 11) is 0. The summed E-state index contributed by atoms with van der Waals surface area (Å²) in [6.45, 7) is 1.99. The van der Waals surface area contributed by atoms with Crippen molar-refractivity contribution in [3.63, 3.8) is 0 Å². The first kappa shape index (κ1) is 11.0. The zero-order valence-electron chi connectivity index (χ0n) is 9.09. The van der Waals surface area contributed by atoms with Crippen molar-refractivity contribution < 1.29 is 5.11 Å². The third-order valence-corrected chi connectivity index (χ3v) is 3.86. The van der Waals surface area contributed by atoms with Crippen LogP contribution in [0, 0.1) is 6.92 Å². The van der Waals surface area contributed by atoms with Crippen molar-refractivity contribution in [3.05, 3.63) is 34.3 Å². The molecule has 0 atom stereocenters. The molecule has 0 saturated heterocycles. The third-order valence-electron chi connectivity index (χ3n) is 3.45. The van der Waals surface area contributed by atoms with Crippen molar-refractivity contribution in [2.45, 2.75) is 44.6 Å². The summed E-state index contributed by atoms with van der Waals surface area (Å²) in [5.74, 6) is 0. The topological polar surface area (TPSA) is 20.2 Å². The van der Waals surface area contributed by atoms with Gasteiger partial charge in [-0.05, 0) is 37.0 Å².